The van der Waals surface area contributed by atoms with Gasteiger partial charge in [-0.05, 0) is 30.7 Å². The highest BCUT2D eigenvalue weighted by atomic mass is 32.2. The van der Waals surface area contributed by atoms with Gasteiger partial charge in [-0.1, -0.05) is 6.92 Å². The van der Waals surface area contributed by atoms with E-state index < -0.39 is 6.04 Å². The molecule has 1 aliphatic rings. The molecule has 0 saturated heterocycles. The second-order valence-corrected chi connectivity index (χ2v) is 7.94. The van der Waals surface area contributed by atoms with Crippen LogP contribution in [0.15, 0.2) is 47.8 Å². The van der Waals surface area contributed by atoms with Gasteiger partial charge >= 0.3 is 5.97 Å². The standard InChI is InChI=1S/C21H20FN5O3S/c1-3-16(20-26-17(11-31-20)21(29)30-2)25-19(28)15-8-23-10-18-14(15)9-24-27(18)13-6-4-12(22)5-7-13/h4-10,16-17H,3,11H2,1-2H3,(H,25,28)/t16?,17-/m0/s1. The third kappa shape index (κ3) is 4.15. The molecular formula is C21H20FN5O3S. The number of methoxy groups -OCH3 is 1. The molecule has 0 fully saturated rings. The summed E-state index contributed by atoms with van der Waals surface area (Å²) in [6.07, 6.45) is 5.30. The molecule has 31 heavy (non-hydrogen) atoms. The minimum Gasteiger partial charge on any atom is -0.467 e. The van der Waals surface area contributed by atoms with Gasteiger partial charge < -0.3 is 10.1 Å². The number of amides is 1. The Morgan fingerprint density at radius 2 is 2.06 bits per heavy atom. The van der Waals surface area contributed by atoms with Crippen molar-refractivity contribution in [2.24, 2.45) is 4.99 Å². The first-order valence-corrected chi connectivity index (χ1v) is 10.7. The fraction of sp³-hybridized carbons (Fsp3) is 0.286. The Balaban J connectivity index is 1.59. The average molecular weight is 441 g/mol. The number of carbonyl (C=O) groups is 2. The second kappa shape index (κ2) is 8.84. The largest absolute Gasteiger partial charge is 0.467 e. The fourth-order valence-electron chi connectivity index (χ4n) is 3.32. The van der Waals surface area contributed by atoms with E-state index in [4.69, 9.17) is 4.74 Å². The van der Waals surface area contributed by atoms with Crippen LogP contribution in [0.25, 0.3) is 16.6 Å². The SMILES string of the molecule is CCC(NC(=O)c1cncc2c1cnn2-c1ccc(F)cc1)C1=N[C@H](C(=O)OC)CS1. The van der Waals surface area contributed by atoms with Crippen molar-refractivity contribution < 1.29 is 18.7 Å². The van der Waals surface area contributed by atoms with Gasteiger partial charge in [-0.3, -0.25) is 14.8 Å². The summed E-state index contributed by atoms with van der Waals surface area (Å²) < 4.78 is 19.6. The molecule has 160 valence electrons. The van der Waals surface area contributed by atoms with E-state index in [0.29, 0.717) is 39.4 Å². The van der Waals surface area contributed by atoms with Crippen molar-refractivity contribution in [3.8, 4) is 5.69 Å². The Bertz CT molecular complexity index is 1160. The second-order valence-electron chi connectivity index (χ2n) is 6.90. The van der Waals surface area contributed by atoms with Crippen LogP contribution in [0.4, 0.5) is 4.39 Å². The summed E-state index contributed by atoms with van der Waals surface area (Å²) in [7, 11) is 1.33. The van der Waals surface area contributed by atoms with E-state index in [1.165, 1.54) is 37.2 Å². The van der Waals surface area contributed by atoms with E-state index in [0.717, 1.165) is 0 Å². The molecule has 2 atom stereocenters. The van der Waals surface area contributed by atoms with Gasteiger partial charge in [-0.2, -0.15) is 5.10 Å². The Morgan fingerprint density at radius 3 is 2.77 bits per heavy atom. The zero-order chi connectivity index (χ0) is 22.0. The van der Waals surface area contributed by atoms with Crippen molar-refractivity contribution in [1.82, 2.24) is 20.1 Å². The maximum atomic E-state index is 13.3. The summed E-state index contributed by atoms with van der Waals surface area (Å²) in [6.45, 7) is 1.94. The molecule has 0 spiro atoms. The number of thioether (sulfide) groups is 1. The van der Waals surface area contributed by atoms with Gasteiger partial charge in [-0.25, -0.2) is 13.9 Å². The predicted molar refractivity (Wildman–Crippen MR) is 116 cm³/mol. The summed E-state index contributed by atoms with van der Waals surface area (Å²) in [4.78, 5) is 33.4. The Kier molecular flexibility index (Phi) is 5.99. The first-order chi connectivity index (χ1) is 15.0. The molecule has 0 saturated carbocycles. The number of ether oxygens (including phenoxy) is 1. The van der Waals surface area contributed by atoms with Gasteiger partial charge in [0.1, 0.15) is 5.82 Å². The minimum absolute atomic E-state index is 0.312. The summed E-state index contributed by atoms with van der Waals surface area (Å²) in [5.74, 6) is -0.541. The molecular weight excluding hydrogens is 421 g/mol. The molecule has 10 heteroatoms. The lowest BCUT2D eigenvalue weighted by Crippen LogP contribution is -2.39. The molecule has 1 aliphatic heterocycles. The normalized spacial score (nSPS) is 16.7. The number of fused-ring (bicyclic) bond motifs is 1. The maximum Gasteiger partial charge on any atom is 0.331 e. The van der Waals surface area contributed by atoms with E-state index in [9.17, 15) is 14.0 Å². The molecule has 2 aromatic heterocycles. The van der Waals surface area contributed by atoms with Crippen molar-refractivity contribution in [3.05, 3.63) is 54.2 Å². The zero-order valence-electron chi connectivity index (χ0n) is 16.9. The average Bonchev–Trinajstić information content (AvgIpc) is 3.45. The van der Waals surface area contributed by atoms with Gasteiger partial charge in [0.05, 0.1) is 47.4 Å². The summed E-state index contributed by atoms with van der Waals surface area (Å²) in [5, 5.41) is 8.66. The topological polar surface area (TPSA) is 98.5 Å². The molecule has 3 aromatic rings. The molecule has 0 radical (unpaired) electrons. The number of nitrogens with one attached hydrogen (secondary N) is 1. The number of rotatable bonds is 6. The van der Waals surface area contributed by atoms with Crippen molar-refractivity contribution in [2.45, 2.75) is 25.4 Å². The number of pyridine rings is 1. The lowest BCUT2D eigenvalue weighted by Gasteiger charge is -2.16. The Hall–Kier alpha value is -3.27. The number of esters is 1. The number of aliphatic imine (C=N–C) groups is 1. The summed E-state index contributed by atoms with van der Waals surface area (Å²) in [6, 6.07) is 5.04. The Morgan fingerprint density at radius 1 is 1.29 bits per heavy atom. The highest BCUT2D eigenvalue weighted by molar-refractivity contribution is 8.14. The van der Waals surface area contributed by atoms with Crippen molar-refractivity contribution >= 4 is 39.6 Å². The number of aromatic nitrogens is 3. The number of carbonyl (C=O) groups excluding carboxylic acids is 2. The van der Waals surface area contributed by atoms with Crippen LogP contribution in [0, 0.1) is 5.82 Å². The maximum absolute atomic E-state index is 13.3. The van der Waals surface area contributed by atoms with E-state index in [2.05, 4.69) is 20.4 Å². The number of hydrogen-bond donors (Lipinski definition) is 1. The van der Waals surface area contributed by atoms with Crippen LogP contribution in [0.3, 0.4) is 0 Å². The van der Waals surface area contributed by atoms with Gasteiger partial charge in [0.15, 0.2) is 6.04 Å². The third-order valence-corrected chi connectivity index (χ3v) is 6.14. The zero-order valence-corrected chi connectivity index (χ0v) is 17.7. The van der Waals surface area contributed by atoms with Gasteiger partial charge in [0, 0.05) is 17.3 Å². The molecule has 4 rings (SSSR count). The van der Waals surface area contributed by atoms with Gasteiger partial charge in [0.2, 0.25) is 0 Å². The van der Waals surface area contributed by atoms with Crippen LogP contribution < -0.4 is 5.32 Å². The van der Waals surface area contributed by atoms with Crippen LogP contribution in [-0.4, -0.2) is 56.6 Å². The number of hydrogen-bond acceptors (Lipinski definition) is 7. The first-order valence-electron chi connectivity index (χ1n) is 9.68. The minimum atomic E-state index is -0.546. The molecule has 8 nitrogen and oxygen atoms in total. The summed E-state index contributed by atoms with van der Waals surface area (Å²) in [5.41, 5.74) is 1.66. The lowest BCUT2D eigenvalue weighted by atomic mass is 10.1. The van der Waals surface area contributed by atoms with E-state index in [1.54, 1.807) is 29.2 Å². The van der Waals surface area contributed by atoms with E-state index in [-0.39, 0.29) is 23.7 Å². The molecule has 3 heterocycles. The number of nitrogens with zero attached hydrogens (tertiary/aromatic N) is 4. The molecule has 0 aliphatic carbocycles. The fourth-order valence-corrected chi connectivity index (χ4v) is 4.49. The Labute approximate surface area is 181 Å². The first kappa shape index (κ1) is 21.0. The number of halogens is 1. The predicted octanol–water partition coefficient (Wildman–Crippen LogP) is 2.75. The number of benzene rings is 1. The molecule has 1 N–H and O–H groups in total. The highest BCUT2D eigenvalue weighted by Crippen LogP contribution is 2.24. The highest BCUT2D eigenvalue weighted by Gasteiger charge is 2.30. The molecule has 1 amide bonds. The summed E-state index contributed by atoms with van der Waals surface area (Å²) >= 11 is 1.44. The van der Waals surface area contributed by atoms with Crippen molar-refractivity contribution in [2.75, 3.05) is 12.9 Å². The van der Waals surface area contributed by atoms with Crippen LogP contribution in [0.2, 0.25) is 0 Å². The van der Waals surface area contributed by atoms with Crippen molar-refractivity contribution in [3.63, 3.8) is 0 Å². The monoisotopic (exact) mass is 441 g/mol. The van der Waals surface area contributed by atoms with E-state index in [1.807, 2.05) is 6.92 Å². The van der Waals surface area contributed by atoms with Crippen LogP contribution in [0.1, 0.15) is 23.7 Å². The smallest absolute Gasteiger partial charge is 0.331 e. The van der Waals surface area contributed by atoms with Gasteiger partial charge in [0.25, 0.3) is 5.91 Å². The van der Waals surface area contributed by atoms with Crippen LogP contribution in [0.5, 0.6) is 0 Å². The van der Waals surface area contributed by atoms with E-state index >= 15 is 0 Å². The van der Waals surface area contributed by atoms with Crippen LogP contribution >= 0.6 is 11.8 Å². The third-order valence-electron chi connectivity index (χ3n) is 4.97. The molecule has 1 aromatic carbocycles. The van der Waals surface area contributed by atoms with Gasteiger partial charge in [-0.15, -0.1) is 11.8 Å². The van der Waals surface area contributed by atoms with Crippen LogP contribution in [-0.2, 0) is 9.53 Å². The quantitative estimate of drug-likeness (QED) is 0.591. The molecule has 1 unspecified atom stereocenters. The lowest BCUT2D eigenvalue weighted by molar-refractivity contribution is -0.141. The van der Waals surface area contributed by atoms with Crippen molar-refractivity contribution in [1.29, 1.82) is 0 Å². The molecule has 0 bridgehead atoms.